The van der Waals surface area contributed by atoms with Crippen LogP contribution in [-0.4, -0.2) is 41.1 Å². The molecule has 2 aromatic rings. The highest BCUT2D eigenvalue weighted by Gasteiger charge is 2.27. The van der Waals surface area contributed by atoms with Gasteiger partial charge in [-0.2, -0.15) is 0 Å². The molecule has 5 nitrogen and oxygen atoms in total. The summed E-state index contributed by atoms with van der Waals surface area (Å²) in [6, 6.07) is 11.5. The molecule has 1 aromatic heterocycles. The molecule has 0 bridgehead atoms. The van der Waals surface area contributed by atoms with E-state index in [0.29, 0.717) is 18.8 Å². The van der Waals surface area contributed by atoms with E-state index in [1.807, 2.05) is 43.0 Å². The van der Waals surface area contributed by atoms with Crippen LogP contribution in [0.1, 0.15) is 36.1 Å². The molecule has 1 saturated heterocycles. The van der Waals surface area contributed by atoms with Gasteiger partial charge < -0.3 is 14.6 Å². The Bertz CT molecular complexity index is 798. The lowest BCUT2D eigenvalue weighted by molar-refractivity contribution is -0.131. The normalized spacial score (nSPS) is 16.2. The predicted octanol–water partition coefficient (Wildman–Crippen LogP) is 4.25. The third-order valence-electron chi connectivity index (χ3n) is 4.58. The second kappa shape index (κ2) is 8.97. The Balaban J connectivity index is 1.47. The molecule has 0 radical (unpaired) electrons. The topological polar surface area (TPSA) is 62.6 Å². The lowest BCUT2D eigenvalue weighted by Gasteiger charge is -2.33. The van der Waals surface area contributed by atoms with Gasteiger partial charge in [0.15, 0.2) is 5.76 Å². The molecule has 27 heavy (non-hydrogen) atoms. The zero-order chi connectivity index (χ0) is 19.4. The van der Waals surface area contributed by atoms with Crippen LogP contribution in [0.3, 0.4) is 0 Å². The SMILES string of the molecule is Cc1ccc(C(=O)NC2CCN(C(=O)C(C)Sc3ccc(Br)cc3)CC2)o1. The molecule has 3 rings (SSSR count). The number of hydrogen-bond acceptors (Lipinski definition) is 4. The van der Waals surface area contributed by atoms with E-state index < -0.39 is 0 Å². The molecule has 1 aromatic carbocycles. The van der Waals surface area contributed by atoms with Gasteiger partial charge in [0, 0.05) is 28.5 Å². The monoisotopic (exact) mass is 450 g/mol. The highest BCUT2D eigenvalue weighted by molar-refractivity contribution is 9.10. The second-order valence-electron chi connectivity index (χ2n) is 6.70. The van der Waals surface area contributed by atoms with Crippen molar-refractivity contribution < 1.29 is 14.0 Å². The van der Waals surface area contributed by atoms with Gasteiger partial charge in [0.05, 0.1) is 5.25 Å². The maximum absolute atomic E-state index is 12.7. The van der Waals surface area contributed by atoms with Crippen LogP contribution in [-0.2, 0) is 4.79 Å². The van der Waals surface area contributed by atoms with Crippen molar-refractivity contribution in [3.63, 3.8) is 0 Å². The molecular weight excluding hydrogens is 428 g/mol. The number of likely N-dealkylation sites (tertiary alicyclic amines) is 1. The molecule has 7 heteroatoms. The summed E-state index contributed by atoms with van der Waals surface area (Å²) in [5.74, 6) is 1.02. The van der Waals surface area contributed by atoms with Gasteiger partial charge in [-0.15, -0.1) is 11.8 Å². The summed E-state index contributed by atoms with van der Waals surface area (Å²) in [4.78, 5) is 27.9. The zero-order valence-corrected chi connectivity index (χ0v) is 17.8. The Morgan fingerprint density at radius 3 is 2.44 bits per heavy atom. The number of carbonyl (C=O) groups excluding carboxylic acids is 2. The van der Waals surface area contributed by atoms with E-state index in [2.05, 4.69) is 21.2 Å². The molecule has 1 fully saturated rings. The summed E-state index contributed by atoms with van der Waals surface area (Å²) >= 11 is 4.99. The van der Waals surface area contributed by atoms with E-state index in [4.69, 9.17) is 4.42 Å². The van der Waals surface area contributed by atoms with Crippen LogP contribution in [0.2, 0.25) is 0 Å². The number of carbonyl (C=O) groups is 2. The molecule has 2 amide bonds. The van der Waals surface area contributed by atoms with Crippen LogP contribution < -0.4 is 5.32 Å². The van der Waals surface area contributed by atoms with Crippen LogP contribution in [0, 0.1) is 6.92 Å². The minimum atomic E-state index is -0.188. The first-order chi connectivity index (χ1) is 12.9. The van der Waals surface area contributed by atoms with Gasteiger partial charge in [-0.3, -0.25) is 9.59 Å². The molecule has 1 N–H and O–H groups in total. The van der Waals surface area contributed by atoms with E-state index in [1.54, 1.807) is 23.9 Å². The van der Waals surface area contributed by atoms with Crippen LogP contribution >= 0.6 is 27.7 Å². The molecule has 144 valence electrons. The maximum Gasteiger partial charge on any atom is 0.287 e. The molecule has 0 spiro atoms. The average molecular weight is 451 g/mol. The zero-order valence-electron chi connectivity index (χ0n) is 15.4. The molecule has 0 saturated carbocycles. The molecular formula is C20H23BrN2O3S. The number of rotatable bonds is 5. The van der Waals surface area contributed by atoms with Crippen molar-refractivity contribution in [3.8, 4) is 0 Å². The van der Waals surface area contributed by atoms with Gasteiger partial charge in [-0.25, -0.2) is 0 Å². The summed E-state index contributed by atoms with van der Waals surface area (Å²) in [5, 5.41) is 2.87. The summed E-state index contributed by atoms with van der Waals surface area (Å²) in [5.41, 5.74) is 0. The Hall–Kier alpha value is -1.73. The van der Waals surface area contributed by atoms with Gasteiger partial charge in [0.25, 0.3) is 5.91 Å². The van der Waals surface area contributed by atoms with Gasteiger partial charge in [0.1, 0.15) is 5.76 Å². The van der Waals surface area contributed by atoms with Gasteiger partial charge in [-0.1, -0.05) is 15.9 Å². The third kappa shape index (κ3) is 5.39. The number of furan rings is 1. The molecule has 0 aliphatic carbocycles. The van der Waals surface area contributed by atoms with Gasteiger partial charge in [0.2, 0.25) is 5.91 Å². The van der Waals surface area contributed by atoms with Crippen molar-refractivity contribution >= 4 is 39.5 Å². The van der Waals surface area contributed by atoms with E-state index >= 15 is 0 Å². The summed E-state index contributed by atoms with van der Waals surface area (Å²) in [6.45, 7) is 5.08. The Morgan fingerprint density at radius 1 is 1.19 bits per heavy atom. The van der Waals surface area contributed by atoms with Crippen molar-refractivity contribution in [3.05, 3.63) is 52.4 Å². The fourth-order valence-electron chi connectivity index (χ4n) is 3.08. The van der Waals surface area contributed by atoms with Gasteiger partial charge in [-0.05, 0) is 63.1 Å². The average Bonchev–Trinajstić information content (AvgIpc) is 3.10. The number of aryl methyl sites for hydroxylation is 1. The van der Waals surface area contributed by atoms with E-state index in [-0.39, 0.29) is 23.1 Å². The van der Waals surface area contributed by atoms with E-state index in [9.17, 15) is 9.59 Å². The molecule has 1 aliphatic rings. The van der Waals surface area contributed by atoms with Crippen molar-refractivity contribution in [2.45, 2.75) is 42.9 Å². The first kappa shape index (κ1) is 20.0. The van der Waals surface area contributed by atoms with Crippen LogP contribution in [0.4, 0.5) is 0 Å². The van der Waals surface area contributed by atoms with Gasteiger partial charge >= 0.3 is 0 Å². The molecule has 1 unspecified atom stereocenters. The molecule has 2 heterocycles. The highest BCUT2D eigenvalue weighted by Crippen LogP contribution is 2.27. The predicted molar refractivity (Wildman–Crippen MR) is 110 cm³/mol. The van der Waals surface area contributed by atoms with Crippen LogP contribution in [0.15, 0.2) is 50.2 Å². The Kier molecular flexibility index (Phi) is 6.65. The van der Waals surface area contributed by atoms with Crippen molar-refractivity contribution in [1.82, 2.24) is 10.2 Å². The number of benzene rings is 1. The summed E-state index contributed by atoms with van der Waals surface area (Å²) in [7, 11) is 0. The molecule has 1 atom stereocenters. The van der Waals surface area contributed by atoms with Crippen molar-refractivity contribution in [2.75, 3.05) is 13.1 Å². The van der Waals surface area contributed by atoms with E-state index in [1.165, 1.54) is 0 Å². The Morgan fingerprint density at radius 2 is 1.85 bits per heavy atom. The fourth-order valence-corrected chi connectivity index (χ4v) is 4.30. The van der Waals surface area contributed by atoms with Crippen LogP contribution in [0.5, 0.6) is 0 Å². The molecule has 1 aliphatic heterocycles. The largest absolute Gasteiger partial charge is 0.456 e. The number of thioether (sulfide) groups is 1. The minimum Gasteiger partial charge on any atom is -0.456 e. The number of nitrogens with zero attached hydrogens (tertiary/aromatic N) is 1. The quantitative estimate of drug-likeness (QED) is 0.691. The lowest BCUT2D eigenvalue weighted by Crippen LogP contribution is -2.48. The fraction of sp³-hybridized carbons (Fsp3) is 0.400. The first-order valence-electron chi connectivity index (χ1n) is 9.00. The lowest BCUT2D eigenvalue weighted by atomic mass is 10.0. The first-order valence-corrected chi connectivity index (χ1v) is 10.7. The van der Waals surface area contributed by atoms with Crippen molar-refractivity contribution in [2.24, 2.45) is 0 Å². The Labute approximate surface area is 172 Å². The number of amides is 2. The smallest absolute Gasteiger partial charge is 0.287 e. The van der Waals surface area contributed by atoms with E-state index in [0.717, 1.165) is 28.0 Å². The summed E-state index contributed by atoms with van der Waals surface area (Å²) < 4.78 is 6.39. The maximum atomic E-state index is 12.7. The minimum absolute atomic E-state index is 0.0707. The van der Waals surface area contributed by atoms with Crippen LogP contribution in [0.25, 0.3) is 0 Å². The standard InChI is InChI=1S/C20H23BrN2O3S/c1-13-3-8-18(26-13)19(24)22-16-9-11-23(12-10-16)20(25)14(2)27-17-6-4-15(21)5-7-17/h3-8,14,16H,9-12H2,1-2H3,(H,22,24). The number of halogens is 1. The number of piperidine rings is 1. The highest BCUT2D eigenvalue weighted by atomic mass is 79.9. The second-order valence-corrected chi connectivity index (χ2v) is 9.03. The number of nitrogens with one attached hydrogen (secondary N) is 1. The third-order valence-corrected chi connectivity index (χ3v) is 6.21. The number of hydrogen-bond donors (Lipinski definition) is 1. The van der Waals surface area contributed by atoms with Crippen molar-refractivity contribution in [1.29, 1.82) is 0 Å². The summed E-state index contributed by atoms with van der Waals surface area (Å²) in [6.07, 6.45) is 1.51.